The van der Waals surface area contributed by atoms with E-state index in [9.17, 15) is 4.57 Å². The van der Waals surface area contributed by atoms with Gasteiger partial charge in [0, 0.05) is 75.7 Å². The normalized spacial score (nSPS) is 17.0. The molecule has 0 unspecified atom stereocenters. The molecule has 47 heavy (non-hydrogen) atoms. The standard InChI is InChI=1S/C34H43N10O2P/c1-22-20-27(29(46-3)21-28(22)44-14-9-23(10-15-44)43-18-16-42(2)17-19-43)39-34-40-32-24(8-11-37-32)33(41-34)38-26-7-6-25-30(36-13-12-35-25)31(26)47(4,5)45/h6-8,11-13,20-21,23H,9-10,14-19H2,1-5H3,(H3,37,38,39,40,41). The van der Waals surface area contributed by atoms with Gasteiger partial charge in [0.05, 0.1) is 34.7 Å². The van der Waals surface area contributed by atoms with Crippen molar-refractivity contribution in [3.8, 4) is 5.75 Å². The minimum atomic E-state index is -2.75. The van der Waals surface area contributed by atoms with E-state index in [4.69, 9.17) is 14.7 Å². The smallest absolute Gasteiger partial charge is 0.231 e. The Hall–Kier alpha value is -4.25. The van der Waals surface area contributed by atoms with E-state index >= 15 is 0 Å². The highest BCUT2D eigenvalue weighted by Gasteiger charge is 2.28. The zero-order valence-corrected chi connectivity index (χ0v) is 28.6. The number of aromatic amines is 1. The summed E-state index contributed by atoms with van der Waals surface area (Å²) in [6, 6.07) is 10.6. The van der Waals surface area contributed by atoms with Crippen LogP contribution in [-0.2, 0) is 4.57 Å². The summed E-state index contributed by atoms with van der Waals surface area (Å²) in [6.07, 6.45) is 7.43. The SMILES string of the molecule is COc1cc(N2CCC(N3CCN(C)CC3)CC2)c(C)cc1Nc1nc(Nc2ccc3nccnc3c2P(C)(C)=O)c2cc[nH]c2n1. The minimum absolute atomic E-state index is 0.402. The molecule has 5 aromatic rings. The fourth-order valence-electron chi connectivity index (χ4n) is 6.95. The van der Waals surface area contributed by atoms with Gasteiger partial charge >= 0.3 is 0 Å². The van der Waals surface area contributed by atoms with Gasteiger partial charge in [0.15, 0.2) is 0 Å². The van der Waals surface area contributed by atoms with E-state index in [1.54, 1.807) is 32.8 Å². The third-order valence-electron chi connectivity index (χ3n) is 9.45. The second-order valence-corrected chi connectivity index (χ2v) is 16.2. The fourth-order valence-corrected chi connectivity index (χ4v) is 8.34. The lowest BCUT2D eigenvalue weighted by atomic mass is 10.0. The Morgan fingerprint density at radius 2 is 1.70 bits per heavy atom. The molecule has 2 aliphatic rings. The quantitative estimate of drug-likeness (QED) is 0.192. The van der Waals surface area contributed by atoms with Gasteiger partial charge in [0.1, 0.15) is 29.9 Å². The Labute approximate surface area is 275 Å². The molecule has 0 aliphatic carbocycles. The number of fused-ring (bicyclic) bond motifs is 2. The molecular formula is C34H43N10O2P. The van der Waals surface area contributed by atoms with Crippen LogP contribution in [0, 0.1) is 6.92 Å². The van der Waals surface area contributed by atoms with E-state index in [0.29, 0.717) is 45.5 Å². The average Bonchev–Trinajstić information content (AvgIpc) is 3.54. The summed E-state index contributed by atoms with van der Waals surface area (Å²) in [4.78, 5) is 29.4. The maximum atomic E-state index is 13.5. The van der Waals surface area contributed by atoms with Crippen LogP contribution in [0.4, 0.5) is 28.8 Å². The summed E-state index contributed by atoms with van der Waals surface area (Å²) in [5.41, 5.74) is 5.79. The van der Waals surface area contributed by atoms with Crippen molar-refractivity contribution in [1.29, 1.82) is 0 Å². The molecular weight excluding hydrogens is 611 g/mol. The fraction of sp³-hybridized carbons (Fsp3) is 0.412. The predicted octanol–water partition coefficient (Wildman–Crippen LogP) is 5.17. The van der Waals surface area contributed by atoms with E-state index in [0.717, 1.165) is 61.7 Å². The van der Waals surface area contributed by atoms with Crippen LogP contribution in [0.2, 0.25) is 0 Å². The molecule has 2 fully saturated rings. The van der Waals surface area contributed by atoms with Crippen LogP contribution in [-0.4, -0.2) is 108 Å². The van der Waals surface area contributed by atoms with Gasteiger partial charge in [-0.15, -0.1) is 0 Å². The van der Waals surface area contributed by atoms with Crippen molar-refractivity contribution in [3.63, 3.8) is 0 Å². The lowest BCUT2D eigenvalue weighted by Crippen LogP contribution is -2.52. The van der Waals surface area contributed by atoms with Crippen molar-refractivity contribution in [2.45, 2.75) is 25.8 Å². The third-order valence-corrected chi connectivity index (χ3v) is 11.0. The van der Waals surface area contributed by atoms with E-state index in [1.165, 1.54) is 18.5 Å². The minimum Gasteiger partial charge on any atom is -0.494 e. The molecule has 0 spiro atoms. The second-order valence-electron chi connectivity index (χ2n) is 13.0. The Bertz CT molecular complexity index is 1960. The summed E-state index contributed by atoms with van der Waals surface area (Å²) < 4.78 is 19.4. The Balaban J connectivity index is 1.15. The second kappa shape index (κ2) is 12.7. The number of aryl methyl sites for hydroxylation is 1. The van der Waals surface area contributed by atoms with Crippen LogP contribution >= 0.6 is 7.14 Å². The molecule has 0 atom stereocenters. The first-order valence-electron chi connectivity index (χ1n) is 16.2. The van der Waals surface area contributed by atoms with Crippen LogP contribution in [0.3, 0.4) is 0 Å². The number of hydrogen-bond donors (Lipinski definition) is 3. The zero-order chi connectivity index (χ0) is 32.7. The monoisotopic (exact) mass is 654 g/mol. The molecule has 12 nitrogen and oxygen atoms in total. The number of aromatic nitrogens is 5. The lowest BCUT2D eigenvalue weighted by Gasteiger charge is -2.43. The molecule has 0 radical (unpaired) electrons. The number of likely N-dealkylation sites (N-methyl/N-ethyl adjacent to an activating group) is 1. The molecule has 5 heterocycles. The summed E-state index contributed by atoms with van der Waals surface area (Å²) in [5, 5.41) is 8.32. The molecule has 3 aromatic heterocycles. The van der Waals surface area contributed by atoms with E-state index in [2.05, 4.69) is 66.4 Å². The van der Waals surface area contributed by atoms with Crippen molar-refractivity contribution in [3.05, 3.63) is 54.5 Å². The first-order chi connectivity index (χ1) is 22.7. The molecule has 2 saturated heterocycles. The zero-order valence-electron chi connectivity index (χ0n) is 27.7. The van der Waals surface area contributed by atoms with Crippen LogP contribution in [0.5, 0.6) is 5.75 Å². The lowest BCUT2D eigenvalue weighted by molar-refractivity contribution is 0.0982. The van der Waals surface area contributed by atoms with Gasteiger partial charge in [-0.2, -0.15) is 9.97 Å². The molecule has 7 rings (SSSR count). The van der Waals surface area contributed by atoms with Gasteiger partial charge < -0.3 is 34.7 Å². The maximum Gasteiger partial charge on any atom is 0.231 e. The number of piperidine rings is 1. The summed E-state index contributed by atoms with van der Waals surface area (Å²) in [6.45, 7) is 12.3. The van der Waals surface area contributed by atoms with Crippen molar-refractivity contribution < 1.29 is 9.30 Å². The molecule has 13 heteroatoms. The number of nitrogens with one attached hydrogen (secondary N) is 3. The molecule has 2 aromatic carbocycles. The number of methoxy groups -OCH3 is 1. The topological polar surface area (TPSA) is 127 Å². The molecule has 0 saturated carbocycles. The number of ether oxygens (including phenoxy) is 1. The molecule has 0 bridgehead atoms. The molecule has 2 aliphatic heterocycles. The van der Waals surface area contributed by atoms with Gasteiger partial charge in [-0.3, -0.25) is 14.9 Å². The highest BCUT2D eigenvalue weighted by atomic mass is 31.2. The molecule has 246 valence electrons. The van der Waals surface area contributed by atoms with Crippen LogP contribution in [0.25, 0.3) is 22.1 Å². The van der Waals surface area contributed by atoms with E-state index in [1.807, 2.05) is 24.4 Å². The first kappa shape index (κ1) is 31.4. The molecule has 0 amide bonds. The number of hydrogen-bond acceptors (Lipinski definition) is 11. The number of rotatable bonds is 8. The summed E-state index contributed by atoms with van der Waals surface area (Å²) in [5.74, 6) is 1.70. The van der Waals surface area contributed by atoms with Gasteiger partial charge in [0.2, 0.25) is 5.95 Å². The Kier molecular flexibility index (Phi) is 8.50. The number of nitrogens with zero attached hydrogens (tertiary/aromatic N) is 7. The van der Waals surface area contributed by atoms with Crippen LogP contribution in [0.15, 0.2) is 48.9 Å². The number of piperazine rings is 1. The van der Waals surface area contributed by atoms with Gasteiger partial charge in [0.25, 0.3) is 0 Å². The predicted molar refractivity (Wildman–Crippen MR) is 191 cm³/mol. The highest BCUT2D eigenvalue weighted by Crippen LogP contribution is 2.42. The largest absolute Gasteiger partial charge is 0.494 e. The summed E-state index contributed by atoms with van der Waals surface area (Å²) in [7, 11) is 1.15. The van der Waals surface area contributed by atoms with Crippen molar-refractivity contribution in [2.75, 3.05) is 82.3 Å². The summed E-state index contributed by atoms with van der Waals surface area (Å²) >= 11 is 0. The van der Waals surface area contributed by atoms with E-state index in [-0.39, 0.29) is 0 Å². The number of anilines is 5. The Morgan fingerprint density at radius 1 is 0.936 bits per heavy atom. The van der Waals surface area contributed by atoms with Crippen LogP contribution < -0.4 is 25.6 Å². The van der Waals surface area contributed by atoms with Crippen molar-refractivity contribution in [1.82, 2.24) is 34.7 Å². The highest BCUT2D eigenvalue weighted by molar-refractivity contribution is 7.71. The number of H-pyrrole nitrogens is 1. The Morgan fingerprint density at radius 3 is 2.45 bits per heavy atom. The van der Waals surface area contributed by atoms with Crippen molar-refractivity contribution >= 4 is 63.3 Å². The van der Waals surface area contributed by atoms with Gasteiger partial charge in [-0.25, -0.2) is 0 Å². The van der Waals surface area contributed by atoms with E-state index < -0.39 is 7.14 Å². The van der Waals surface area contributed by atoms with Crippen LogP contribution in [0.1, 0.15) is 18.4 Å². The third kappa shape index (κ3) is 6.37. The average molecular weight is 655 g/mol. The van der Waals surface area contributed by atoms with Crippen molar-refractivity contribution in [2.24, 2.45) is 0 Å². The maximum absolute atomic E-state index is 13.5. The number of benzene rings is 2. The van der Waals surface area contributed by atoms with Gasteiger partial charge in [-0.05, 0) is 70.0 Å². The van der Waals surface area contributed by atoms with Gasteiger partial charge in [-0.1, -0.05) is 0 Å². The first-order valence-corrected chi connectivity index (χ1v) is 18.8. The molecule has 3 N–H and O–H groups in total.